The van der Waals surface area contributed by atoms with Gasteiger partial charge in [-0.05, 0) is 0 Å². The highest BCUT2D eigenvalue weighted by atomic mass is 35.6. The Labute approximate surface area is 40.5 Å². The van der Waals surface area contributed by atoms with Gasteiger partial charge in [0.1, 0.15) is 6.61 Å². The quantitative estimate of drug-likeness (QED) is 0.360. The second-order valence-corrected chi connectivity index (χ2v) is 0.972. The number of halogens is 1. The van der Waals surface area contributed by atoms with E-state index in [2.05, 4.69) is 10.9 Å². The van der Waals surface area contributed by atoms with Crippen molar-refractivity contribution in [2.24, 2.45) is 0 Å². The van der Waals surface area contributed by atoms with Gasteiger partial charge in [-0.3, -0.25) is 0 Å². The molecule has 0 fully saturated rings. The van der Waals surface area contributed by atoms with Gasteiger partial charge in [0.05, 0.1) is 0 Å². The molecule has 0 aliphatic rings. The van der Waals surface area contributed by atoms with Gasteiger partial charge in [-0.15, -0.1) is 6.58 Å². The van der Waals surface area contributed by atoms with E-state index in [9.17, 15) is 4.66 Å². The van der Waals surface area contributed by atoms with Gasteiger partial charge in [0, 0.05) is 0 Å². The van der Waals surface area contributed by atoms with Crippen LogP contribution in [0.15, 0.2) is 12.7 Å². The summed E-state index contributed by atoms with van der Waals surface area (Å²) in [6.45, 7) is 3.61. The minimum absolute atomic E-state index is 0.303. The molecule has 0 spiro atoms. The summed E-state index contributed by atoms with van der Waals surface area (Å²) in [4.78, 5) is 0. The highest BCUT2D eigenvalue weighted by Gasteiger charge is 1.81. The Morgan fingerprint density at radius 3 is 2.83 bits per heavy atom. The maximum absolute atomic E-state index is 9.28. The van der Waals surface area contributed by atoms with Gasteiger partial charge >= 0.3 is 11.3 Å². The fourth-order valence-corrected chi connectivity index (χ4v) is 0.211. The largest absolute Gasteiger partial charge is 0.506 e. The normalized spacial score (nSPS) is 8.17. The number of hydrogen-bond acceptors (Lipinski definition) is 2. The molecule has 0 heterocycles. The molecule has 0 aromatic rings. The molecule has 0 N–H and O–H groups in total. The van der Waals surface area contributed by atoms with Crippen molar-refractivity contribution >= 4 is 0 Å². The van der Waals surface area contributed by atoms with Crippen LogP contribution in [-0.4, -0.2) is 6.61 Å². The highest BCUT2D eigenvalue weighted by molar-refractivity contribution is 4.61. The first-order valence-electron chi connectivity index (χ1n) is 1.41. The highest BCUT2D eigenvalue weighted by Crippen LogP contribution is 1.67. The van der Waals surface area contributed by atoms with Gasteiger partial charge < -0.3 is 4.66 Å². The van der Waals surface area contributed by atoms with Crippen molar-refractivity contribution in [2.75, 3.05) is 6.61 Å². The second-order valence-electron chi connectivity index (χ2n) is 0.627. The lowest BCUT2D eigenvalue weighted by atomic mass is 10.7. The smallest absolute Gasteiger partial charge is 0.331 e. The van der Waals surface area contributed by atoms with Crippen LogP contribution in [0, 0.1) is 11.3 Å². The van der Waals surface area contributed by atoms with E-state index in [1.165, 1.54) is 6.08 Å². The molecule has 0 aromatic carbocycles. The molecule has 0 aromatic heterocycles. The van der Waals surface area contributed by atoms with Crippen LogP contribution in [0.25, 0.3) is 0 Å². The van der Waals surface area contributed by atoms with Gasteiger partial charge in [-0.2, -0.15) is 0 Å². The van der Waals surface area contributed by atoms with Crippen molar-refractivity contribution in [1.82, 2.24) is 0 Å². The zero-order chi connectivity index (χ0) is 4.83. The van der Waals surface area contributed by atoms with Crippen molar-refractivity contribution < 1.29 is 20.3 Å². The number of rotatable bonds is 3. The zero-order valence-corrected chi connectivity index (χ0v) is 3.94. The van der Waals surface area contributed by atoms with E-state index in [1.54, 1.807) is 0 Å². The molecule has 0 saturated carbocycles. The average Bonchev–Trinajstić information content (AvgIpc) is 1.61. The van der Waals surface area contributed by atoms with Gasteiger partial charge in [0.2, 0.25) is 0 Å². The van der Waals surface area contributed by atoms with Crippen LogP contribution in [0.4, 0.5) is 0 Å². The van der Waals surface area contributed by atoms with Crippen LogP contribution < -0.4 is 4.66 Å². The van der Waals surface area contributed by atoms with Crippen molar-refractivity contribution in [2.45, 2.75) is 0 Å². The molecule has 0 aliphatic heterocycles. The molecule has 0 amide bonds. The Morgan fingerprint density at radius 2 is 2.67 bits per heavy atom. The monoisotopic (exact) mass is 108 g/mol. The Hall–Kier alpha value is -0.0500. The summed E-state index contributed by atoms with van der Waals surface area (Å²) < 4.78 is 13.4. The first kappa shape index (κ1) is 5.95. The molecule has 2 nitrogen and oxygen atoms in total. The third-order valence-corrected chi connectivity index (χ3v) is 0.440. The molecule has 0 unspecified atom stereocenters. The van der Waals surface area contributed by atoms with E-state index in [4.69, 9.17) is 0 Å². The summed E-state index contributed by atoms with van der Waals surface area (Å²) in [5.41, 5.74) is 0. The molecule has 0 atom stereocenters. The molecule has 0 radical (unpaired) electrons. The summed E-state index contributed by atoms with van der Waals surface area (Å²) in [6, 6.07) is 0. The SMILES string of the molecule is C=CCO[Cl+][O-]. The minimum atomic E-state index is 0.303. The van der Waals surface area contributed by atoms with Crippen molar-refractivity contribution in [3.05, 3.63) is 12.7 Å². The maximum Gasteiger partial charge on any atom is 0.331 e. The summed E-state index contributed by atoms with van der Waals surface area (Å²) in [6.07, 6.45) is 1.50. The van der Waals surface area contributed by atoms with Crippen molar-refractivity contribution in [3.63, 3.8) is 0 Å². The summed E-state index contributed by atoms with van der Waals surface area (Å²) in [5, 5.41) is 0. The third-order valence-electron chi connectivity index (χ3n) is 0.225. The van der Waals surface area contributed by atoms with Gasteiger partial charge in [-0.1, -0.05) is 10.4 Å². The van der Waals surface area contributed by atoms with Crippen molar-refractivity contribution in [1.29, 1.82) is 0 Å². The second kappa shape index (κ2) is 4.95. The maximum atomic E-state index is 9.28. The fourth-order valence-electron chi connectivity index (χ4n) is 0.0703. The van der Waals surface area contributed by atoms with E-state index in [0.717, 1.165) is 0 Å². The van der Waals surface area contributed by atoms with Crippen LogP contribution in [-0.2, 0) is 4.29 Å². The third kappa shape index (κ3) is 3.95. The topological polar surface area (TPSA) is 32.3 Å². The van der Waals surface area contributed by atoms with Crippen LogP contribution in [0.2, 0.25) is 0 Å². The first-order valence-corrected chi connectivity index (χ1v) is 2.03. The fraction of sp³-hybridized carbons (Fsp3) is 0.333. The van der Waals surface area contributed by atoms with Crippen LogP contribution in [0.1, 0.15) is 0 Å². The Kier molecular flexibility index (Phi) is 4.91. The summed E-state index contributed by atoms with van der Waals surface area (Å²) in [5.74, 6) is 0. The predicted molar refractivity (Wildman–Crippen MR) is 16.1 cm³/mol. The number of hydrogen-bond donors (Lipinski definition) is 0. The zero-order valence-electron chi connectivity index (χ0n) is 3.19. The van der Waals surface area contributed by atoms with E-state index in [-0.39, 0.29) is 0 Å². The molecule has 6 heavy (non-hydrogen) atoms. The Balaban J connectivity index is 2.49. The van der Waals surface area contributed by atoms with Gasteiger partial charge in [-0.25, -0.2) is 0 Å². The molecule has 0 bridgehead atoms. The first-order chi connectivity index (χ1) is 2.91. The molecule has 36 valence electrons. The van der Waals surface area contributed by atoms with E-state index in [0.29, 0.717) is 17.9 Å². The molecular formula is C3H5ClO2. The lowest BCUT2D eigenvalue weighted by Gasteiger charge is -1.75. The standard InChI is InChI=1S/C3H5ClO2/c1-2-3-6-4-5/h2H,1,3H2. The van der Waals surface area contributed by atoms with Gasteiger partial charge in [0.15, 0.2) is 0 Å². The molecule has 0 aliphatic carbocycles. The molecule has 0 saturated heterocycles. The van der Waals surface area contributed by atoms with Crippen LogP contribution in [0.5, 0.6) is 0 Å². The van der Waals surface area contributed by atoms with E-state index in [1.807, 2.05) is 0 Å². The van der Waals surface area contributed by atoms with Gasteiger partial charge in [0.25, 0.3) is 0 Å². The Bertz CT molecular complexity index is 37.8. The molecule has 3 heteroatoms. The Morgan fingerprint density at radius 1 is 2.00 bits per heavy atom. The van der Waals surface area contributed by atoms with Crippen LogP contribution in [0.3, 0.4) is 0 Å². The molecular weight excluding hydrogens is 103 g/mol. The van der Waals surface area contributed by atoms with Crippen LogP contribution >= 0.6 is 0 Å². The lowest BCUT2D eigenvalue weighted by molar-refractivity contribution is -1.27. The average molecular weight is 109 g/mol. The summed E-state index contributed by atoms with van der Waals surface area (Å²) >= 11 is 0.486. The molecule has 0 rings (SSSR count). The minimum Gasteiger partial charge on any atom is -0.506 e. The van der Waals surface area contributed by atoms with Crippen molar-refractivity contribution in [3.8, 4) is 0 Å². The lowest BCUT2D eigenvalue weighted by Crippen LogP contribution is -2.03. The summed E-state index contributed by atoms with van der Waals surface area (Å²) in [7, 11) is 0. The van der Waals surface area contributed by atoms with E-state index >= 15 is 0 Å². The predicted octanol–water partition coefficient (Wildman–Crippen LogP) is -0.536. The van der Waals surface area contributed by atoms with E-state index < -0.39 is 0 Å².